The van der Waals surface area contributed by atoms with E-state index in [4.69, 9.17) is 15.7 Å². The van der Waals surface area contributed by atoms with Gasteiger partial charge in [-0.25, -0.2) is 15.0 Å². The second-order valence-corrected chi connectivity index (χ2v) is 10.1. The number of piperazine rings is 1. The number of benzene rings is 2. The van der Waals surface area contributed by atoms with Crippen LogP contribution < -0.4 is 10.6 Å². The Morgan fingerprint density at radius 3 is 2.61 bits per heavy atom. The van der Waals surface area contributed by atoms with Crippen LogP contribution in [0.25, 0.3) is 16.9 Å². The molecule has 2 aromatic heterocycles. The number of aromatic nitrogens is 3. The fourth-order valence-electron chi connectivity index (χ4n) is 5.09. The number of carbonyl (C=O) groups excluding carboxylic acids is 1. The lowest BCUT2D eigenvalue weighted by molar-refractivity contribution is -0.129. The van der Waals surface area contributed by atoms with E-state index in [0.29, 0.717) is 31.8 Å². The number of nitrogens with two attached hydrogens (primary N) is 1. The number of fused-ring (bicyclic) bond motifs is 2. The summed E-state index contributed by atoms with van der Waals surface area (Å²) in [4.78, 5) is 30.3. The Bertz CT molecular complexity index is 1500. The Kier molecular flexibility index (Phi) is 5.72. The van der Waals surface area contributed by atoms with Crippen molar-refractivity contribution in [2.75, 3.05) is 31.1 Å². The highest BCUT2D eigenvalue weighted by atomic mass is 79.9. The average molecular weight is 544 g/mol. The first-order valence-electron chi connectivity index (χ1n) is 12.0. The molecule has 0 bridgehead atoms. The maximum atomic E-state index is 11.8. The summed E-state index contributed by atoms with van der Waals surface area (Å²) in [6, 6.07) is 16.7. The minimum atomic E-state index is 0.109. The number of anilines is 1. The molecule has 1 saturated heterocycles. The molecule has 4 heterocycles. The summed E-state index contributed by atoms with van der Waals surface area (Å²) in [6.07, 6.45) is 3.19. The molecule has 0 radical (unpaired) electrons. The molecule has 2 N–H and O–H groups in total. The van der Waals surface area contributed by atoms with Crippen LogP contribution in [0.1, 0.15) is 23.7 Å². The van der Waals surface area contributed by atoms with Gasteiger partial charge in [0, 0.05) is 51.5 Å². The molecular weight excluding hydrogens is 518 g/mol. The van der Waals surface area contributed by atoms with E-state index in [9.17, 15) is 4.79 Å². The van der Waals surface area contributed by atoms with Gasteiger partial charge in [-0.15, -0.1) is 0 Å². The molecule has 2 aromatic carbocycles. The van der Waals surface area contributed by atoms with E-state index in [1.807, 2.05) is 23.2 Å². The topological polar surface area (TPSA) is 92.1 Å². The molecule has 1 amide bonds. The Labute approximate surface area is 217 Å². The van der Waals surface area contributed by atoms with Crippen molar-refractivity contribution in [2.24, 2.45) is 10.7 Å². The number of carbonyl (C=O) groups is 1. The number of rotatable bonds is 4. The van der Waals surface area contributed by atoms with Crippen LogP contribution in [0.2, 0.25) is 0 Å². The number of imidazole rings is 1. The van der Waals surface area contributed by atoms with E-state index in [1.54, 1.807) is 6.92 Å². The first kappa shape index (κ1) is 22.7. The highest BCUT2D eigenvalue weighted by Gasteiger charge is 2.26. The lowest BCUT2D eigenvalue weighted by atomic mass is 10.0. The Balaban J connectivity index is 1.49. The summed E-state index contributed by atoms with van der Waals surface area (Å²) >= 11 is 3.75. The molecule has 1 fully saturated rings. The van der Waals surface area contributed by atoms with Crippen LogP contribution in [0.4, 0.5) is 11.5 Å². The summed E-state index contributed by atoms with van der Waals surface area (Å²) in [5.41, 5.74) is 13.1. The molecule has 0 spiro atoms. The summed E-state index contributed by atoms with van der Waals surface area (Å²) in [5.74, 6) is 1.58. The molecule has 182 valence electrons. The van der Waals surface area contributed by atoms with Crippen molar-refractivity contribution < 1.29 is 4.79 Å². The lowest BCUT2D eigenvalue weighted by Gasteiger charge is -2.34. The molecule has 36 heavy (non-hydrogen) atoms. The number of nitrogens with zero attached hydrogens (tertiary/aromatic N) is 6. The highest BCUT2D eigenvalue weighted by Crippen LogP contribution is 2.36. The number of halogens is 1. The second-order valence-electron chi connectivity index (χ2n) is 9.25. The van der Waals surface area contributed by atoms with Crippen molar-refractivity contribution in [3.05, 3.63) is 76.2 Å². The van der Waals surface area contributed by atoms with Crippen LogP contribution in [0.15, 0.2) is 64.3 Å². The van der Waals surface area contributed by atoms with Crippen molar-refractivity contribution in [2.45, 2.75) is 19.8 Å². The van der Waals surface area contributed by atoms with Crippen LogP contribution in [-0.4, -0.2) is 57.2 Å². The molecule has 2 aliphatic rings. The first-order chi connectivity index (χ1) is 17.5. The van der Waals surface area contributed by atoms with Crippen LogP contribution >= 0.6 is 15.9 Å². The van der Waals surface area contributed by atoms with Crippen LogP contribution in [-0.2, 0) is 17.6 Å². The highest BCUT2D eigenvalue weighted by molar-refractivity contribution is 9.10. The van der Waals surface area contributed by atoms with Gasteiger partial charge in [0.25, 0.3) is 0 Å². The second kappa shape index (κ2) is 9.05. The standard InChI is InChI=1S/C27H26BrN7O/c1-17(36)33-9-11-34(12-10-33)26-27-32-22(13-18-5-3-2-4-6-18)25(35(27)23(28)16-30-26)19-7-8-21-20(14-19)15-24(29)31-21/h2-8,14,16H,9-13,15H2,1H3,(H2,29,31). The van der Waals surface area contributed by atoms with E-state index in [-0.39, 0.29) is 5.91 Å². The predicted octanol–water partition coefficient (Wildman–Crippen LogP) is 3.96. The normalized spacial score (nSPS) is 15.3. The molecule has 0 aliphatic carbocycles. The van der Waals surface area contributed by atoms with Crippen LogP contribution in [0.3, 0.4) is 0 Å². The number of amides is 1. The van der Waals surface area contributed by atoms with Crippen molar-refractivity contribution >= 4 is 44.8 Å². The third-order valence-electron chi connectivity index (χ3n) is 6.88. The van der Waals surface area contributed by atoms with Gasteiger partial charge in [-0.05, 0) is 39.2 Å². The van der Waals surface area contributed by atoms with E-state index in [0.717, 1.165) is 57.4 Å². The smallest absolute Gasteiger partial charge is 0.219 e. The third-order valence-corrected chi connectivity index (χ3v) is 7.44. The minimum absolute atomic E-state index is 0.109. The lowest BCUT2D eigenvalue weighted by Crippen LogP contribution is -2.48. The minimum Gasteiger partial charge on any atom is -0.387 e. The summed E-state index contributed by atoms with van der Waals surface area (Å²) in [6.45, 7) is 4.41. The molecule has 0 unspecified atom stereocenters. The monoisotopic (exact) mass is 543 g/mol. The molecular formula is C27H26BrN7O. The molecule has 6 rings (SSSR count). The Morgan fingerprint density at radius 2 is 1.86 bits per heavy atom. The molecule has 9 heteroatoms. The number of amidine groups is 1. The quantitative estimate of drug-likeness (QED) is 0.420. The van der Waals surface area contributed by atoms with Crippen LogP contribution in [0.5, 0.6) is 0 Å². The Morgan fingerprint density at radius 1 is 1.08 bits per heavy atom. The van der Waals surface area contributed by atoms with Gasteiger partial charge in [0.15, 0.2) is 11.5 Å². The van der Waals surface area contributed by atoms with Crippen molar-refractivity contribution in [1.82, 2.24) is 19.3 Å². The fraction of sp³-hybridized carbons (Fsp3) is 0.259. The number of aliphatic imine (C=N–C) groups is 1. The Hall–Kier alpha value is -3.72. The number of hydrogen-bond acceptors (Lipinski definition) is 6. The molecule has 4 aromatic rings. The van der Waals surface area contributed by atoms with Crippen molar-refractivity contribution in [3.63, 3.8) is 0 Å². The van der Waals surface area contributed by atoms with Gasteiger partial charge in [0.1, 0.15) is 10.4 Å². The van der Waals surface area contributed by atoms with Gasteiger partial charge in [0.05, 0.1) is 23.3 Å². The SMILES string of the molecule is CC(=O)N1CCN(c2ncc(Br)n3c(-c4ccc5c(c4)CC(N)=N5)c(Cc4ccccc4)nc23)CC1. The van der Waals surface area contributed by atoms with E-state index < -0.39 is 0 Å². The average Bonchev–Trinajstić information content (AvgIpc) is 3.44. The maximum absolute atomic E-state index is 11.8. The molecule has 8 nitrogen and oxygen atoms in total. The third kappa shape index (κ3) is 4.03. The van der Waals surface area contributed by atoms with Gasteiger partial charge in [-0.2, -0.15) is 0 Å². The summed E-state index contributed by atoms with van der Waals surface area (Å²) < 4.78 is 2.99. The van der Waals surface area contributed by atoms with Crippen molar-refractivity contribution in [3.8, 4) is 11.3 Å². The summed E-state index contributed by atoms with van der Waals surface area (Å²) in [5, 5.41) is 0. The fourth-order valence-corrected chi connectivity index (χ4v) is 5.54. The van der Waals surface area contributed by atoms with E-state index >= 15 is 0 Å². The number of hydrogen-bond donors (Lipinski definition) is 1. The largest absolute Gasteiger partial charge is 0.387 e. The van der Waals surface area contributed by atoms with Crippen molar-refractivity contribution in [1.29, 1.82) is 0 Å². The molecule has 2 aliphatic heterocycles. The van der Waals surface area contributed by atoms with Gasteiger partial charge in [0.2, 0.25) is 5.91 Å². The van der Waals surface area contributed by atoms with Gasteiger partial charge >= 0.3 is 0 Å². The van der Waals surface area contributed by atoms with Gasteiger partial charge < -0.3 is 15.5 Å². The van der Waals surface area contributed by atoms with E-state index in [1.165, 1.54) is 5.56 Å². The molecule has 0 saturated carbocycles. The zero-order valence-corrected chi connectivity index (χ0v) is 21.6. The molecule has 0 atom stereocenters. The first-order valence-corrected chi connectivity index (χ1v) is 12.8. The predicted molar refractivity (Wildman–Crippen MR) is 145 cm³/mol. The zero-order valence-electron chi connectivity index (χ0n) is 20.0. The maximum Gasteiger partial charge on any atom is 0.219 e. The zero-order chi connectivity index (χ0) is 24.8. The van der Waals surface area contributed by atoms with E-state index in [2.05, 4.69) is 66.6 Å². The van der Waals surface area contributed by atoms with Gasteiger partial charge in [-0.1, -0.05) is 36.4 Å². The van der Waals surface area contributed by atoms with Gasteiger partial charge in [-0.3, -0.25) is 9.20 Å². The summed E-state index contributed by atoms with van der Waals surface area (Å²) in [7, 11) is 0. The van der Waals surface area contributed by atoms with Crippen LogP contribution in [0, 0.1) is 0 Å².